The Bertz CT molecular complexity index is 604. The van der Waals surface area contributed by atoms with Gasteiger partial charge in [-0.3, -0.25) is 4.99 Å². The lowest BCUT2D eigenvalue weighted by Crippen LogP contribution is -2.44. The van der Waals surface area contributed by atoms with E-state index in [1.54, 1.807) is 11.3 Å². The molecule has 1 aliphatic heterocycles. The van der Waals surface area contributed by atoms with Crippen molar-refractivity contribution in [3.63, 3.8) is 0 Å². The average molecular weight is 522 g/mol. The van der Waals surface area contributed by atoms with Gasteiger partial charge in [-0.1, -0.05) is 0 Å². The van der Waals surface area contributed by atoms with Crippen LogP contribution in [0.3, 0.4) is 0 Å². The number of nitrogens with one attached hydrogen (secondary N) is 2. The van der Waals surface area contributed by atoms with Crippen LogP contribution in [0.4, 0.5) is 0 Å². The highest BCUT2D eigenvalue weighted by atomic mass is 127. The minimum absolute atomic E-state index is 0. The lowest BCUT2D eigenvalue weighted by Gasteiger charge is -2.15. The van der Waals surface area contributed by atoms with Gasteiger partial charge in [-0.25, -0.2) is 8.42 Å². The summed E-state index contributed by atoms with van der Waals surface area (Å²) in [6, 6.07) is 4.11. The van der Waals surface area contributed by atoms with E-state index in [4.69, 9.17) is 0 Å². The Morgan fingerprint density at radius 2 is 2.27 bits per heavy atom. The van der Waals surface area contributed by atoms with E-state index in [0.29, 0.717) is 18.9 Å². The van der Waals surface area contributed by atoms with Crippen LogP contribution in [0.1, 0.15) is 18.2 Å². The smallest absolute Gasteiger partial charge is 0.191 e. The zero-order chi connectivity index (χ0) is 15.3. The number of thiophene rings is 1. The van der Waals surface area contributed by atoms with Crippen molar-refractivity contribution in [3.8, 4) is 0 Å². The molecule has 0 bridgehead atoms. The van der Waals surface area contributed by atoms with Crippen LogP contribution in [0.5, 0.6) is 0 Å². The van der Waals surface area contributed by atoms with Crippen LogP contribution in [0, 0.1) is 0 Å². The summed E-state index contributed by atoms with van der Waals surface area (Å²) in [4.78, 5) is 5.80. The lowest BCUT2D eigenvalue weighted by molar-refractivity contribution is 0.599. The second-order valence-electron chi connectivity index (χ2n) is 4.96. The molecule has 1 unspecified atom stereocenters. The molecule has 9 heteroatoms. The van der Waals surface area contributed by atoms with E-state index < -0.39 is 9.84 Å². The largest absolute Gasteiger partial charge is 0.357 e. The fraction of sp³-hybridized carbons (Fsp3) is 0.615. The minimum atomic E-state index is -2.87. The molecular formula is C13H21BrIN3O2S2. The number of guanidine groups is 1. The first-order valence-corrected chi connectivity index (χ1v) is 10.4. The fourth-order valence-corrected chi connectivity index (χ4v) is 5.33. The van der Waals surface area contributed by atoms with Gasteiger partial charge in [-0.2, -0.15) is 0 Å². The van der Waals surface area contributed by atoms with Gasteiger partial charge in [0.15, 0.2) is 15.8 Å². The maximum Gasteiger partial charge on any atom is 0.191 e. The zero-order valence-electron chi connectivity index (χ0n) is 12.3. The monoisotopic (exact) mass is 521 g/mol. The first-order chi connectivity index (χ1) is 9.98. The van der Waals surface area contributed by atoms with Gasteiger partial charge in [0, 0.05) is 30.4 Å². The third kappa shape index (κ3) is 6.71. The quantitative estimate of drug-likeness (QED) is 0.354. The number of nitrogens with zero attached hydrogens (tertiary/aromatic N) is 1. The van der Waals surface area contributed by atoms with Gasteiger partial charge < -0.3 is 10.6 Å². The van der Waals surface area contributed by atoms with Crippen LogP contribution in [-0.4, -0.2) is 45.0 Å². The summed E-state index contributed by atoms with van der Waals surface area (Å²) in [6.45, 7) is 3.44. The highest BCUT2D eigenvalue weighted by Gasteiger charge is 2.28. The molecule has 1 atom stereocenters. The third-order valence-electron chi connectivity index (χ3n) is 3.17. The number of hydrogen-bond acceptors (Lipinski definition) is 4. The van der Waals surface area contributed by atoms with Crippen molar-refractivity contribution >= 4 is 67.0 Å². The molecule has 0 aromatic carbocycles. The predicted molar refractivity (Wildman–Crippen MR) is 107 cm³/mol. The van der Waals surface area contributed by atoms with E-state index in [0.717, 1.165) is 16.8 Å². The van der Waals surface area contributed by atoms with E-state index in [2.05, 4.69) is 37.6 Å². The highest BCUT2D eigenvalue weighted by Crippen LogP contribution is 2.22. The molecule has 2 heterocycles. The Hall–Kier alpha value is 0.130. The van der Waals surface area contributed by atoms with Crippen molar-refractivity contribution in [1.29, 1.82) is 0 Å². The Balaban J connectivity index is 0.00000242. The lowest BCUT2D eigenvalue weighted by atomic mass is 10.3. The summed E-state index contributed by atoms with van der Waals surface area (Å²) in [5.74, 6) is 1.18. The molecule has 126 valence electrons. The van der Waals surface area contributed by atoms with Gasteiger partial charge >= 0.3 is 0 Å². The highest BCUT2D eigenvalue weighted by molar-refractivity contribution is 14.0. The zero-order valence-corrected chi connectivity index (χ0v) is 17.9. The second kappa shape index (κ2) is 9.43. The second-order valence-corrected chi connectivity index (χ2v) is 9.74. The standard InChI is InChI=1S/C13H20BrN3O2S2.HI/c1-2-15-13(17-10-6-8-21(18,19)9-10)16-7-5-11-3-4-12(14)20-11;/h3-4,10H,2,5-9H2,1H3,(H2,15,16,17);1H. The van der Waals surface area contributed by atoms with Crippen LogP contribution >= 0.6 is 51.2 Å². The van der Waals surface area contributed by atoms with Crippen molar-refractivity contribution in [2.75, 3.05) is 24.6 Å². The van der Waals surface area contributed by atoms with Crippen LogP contribution in [0.25, 0.3) is 0 Å². The normalized spacial score (nSPS) is 20.5. The van der Waals surface area contributed by atoms with Gasteiger partial charge in [0.25, 0.3) is 0 Å². The van der Waals surface area contributed by atoms with E-state index >= 15 is 0 Å². The first kappa shape index (κ1) is 20.2. The molecule has 2 rings (SSSR count). The Labute approximate surface area is 161 Å². The molecule has 5 nitrogen and oxygen atoms in total. The molecule has 1 fully saturated rings. The number of rotatable bonds is 5. The SMILES string of the molecule is CCNC(=NCCc1ccc(Br)s1)NC1CCS(=O)(=O)C1.I. The summed E-state index contributed by atoms with van der Waals surface area (Å²) in [7, 11) is -2.87. The molecule has 1 aromatic heterocycles. The average Bonchev–Trinajstić information content (AvgIpc) is 2.96. The number of sulfone groups is 1. The predicted octanol–water partition coefficient (Wildman–Crippen LogP) is 2.41. The first-order valence-electron chi connectivity index (χ1n) is 6.98. The van der Waals surface area contributed by atoms with Crippen LogP contribution < -0.4 is 10.6 Å². The van der Waals surface area contributed by atoms with E-state index in [1.165, 1.54) is 4.88 Å². The molecule has 0 spiro atoms. The summed E-state index contributed by atoms with van der Waals surface area (Å²) in [6.07, 6.45) is 1.54. The number of halogens is 2. The fourth-order valence-electron chi connectivity index (χ4n) is 2.19. The van der Waals surface area contributed by atoms with Crippen molar-refractivity contribution in [3.05, 3.63) is 20.8 Å². The molecule has 22 heavy (non-hydrogen) atoms. The van der Waals surface area contributed by atoms with Gasteiger partial charge in [0.1, 0.15) is 0 Å². The number of aliphatic imine (C=N–C) groups is 1. The molecular weight excluding hydrogens is 501 g/mol. The van der Waals surface area contributed by atoms with Crippen molar-refractivity contribution in [2.45, 2.75) is 25.8 Å². The topological polar surface area (TPSA) is 70.6 Å². The summed E-state index contributed by atoms with van der Waals surface area (Å²) >= 11 is 5.16. The Kier molecular flexibility index (Phi) is 8.65. The van der Waals surface area contributed by atoms with E-state index in [1.807, 2.05) is 13.0 Å². The van der Waals surface area contributed by atoms with Gasteiger partial charge in [-0.05, 0) is 41.4 Å². The molecule has 1 aliphatic rings. The molecule has 2 N–H and O–H groups in total. The summed E-state index contributed by atoms with van der Waals surface area (Å²) in [5.41, 5.74) is 0. The van der Waals surface area contributed by atoms with Crippen molar-refractivity contribution in [1.82, 2.24) is 10.6 Å². The molecule has 0 radical (unpaired) electrons. The molecule has 1 aromatic rings. The van der Waals surface area contributed by atoms with Crippen molar-refractivity contribution in [2.24, 2.45) is 4.99 Å². The summed E-state index contributed by atoms with van der Waals surface area (Å²) < 4.78 is 24.1. The molecule has 0 saturated carbocycles. The molecule has 0 aliphatic carbocycles. The maximum absolute atomic E-state index is 11.5. The summed E-state index contributed by atoms with van der Waals surface area (Å²) in [5, 5.41) is 6.38. The van der Waals surface area contributed by atoms with Crippen LogP contribution in [0.2, 0.25) is 0 Å². The molecule has 1 saturated heterocycles. The molecule has 0 amide bonds. The van der Waals surface area contributed by atoms with E-state index in [9.17, 15) is 8.42 Å². The number of hydrogen-bond donors (Lipinski definition) is 2. The van der Waals surface area contributed by atoms with Gasteiger partial charge in [0.2, 0.25) is 0 Å². The Morgan fingerprint density at radius 3 is 2.82 bits per heavy atom. The maximum atomic E-state index is 11.5. The van der Waals surface area contributed by atoms with E-state index in [-0.39, 0.29) is 41.5 Å². The minimum Gasteiger partial charge on any atom is -0.357 e. The van der Waals surface area contributed by atoms with Crippen LogP contribution in [0.15, 0.2) is 20.9 Å². The van der Waals surface area contributed by atoms with Crippen molar-refractivity contribution < 1.29 is 8.42 Å². The Morgan fingerprint density at radius 1 is 1.50 bits per heavy atom. The van der Waals surface area contributed by atoms with Crippen LogP contribution in [-0.2, 0) is 16.3 Å². The van der Waals surface area contributed by atoms with Gasteiger partial charge in [-0.15, -0.1) is 35.3 Å². The van der Waals surface area contributed by atoms with Gasteiger partial charge in [0.05, 0.1) is 15.3 Å². The third-order valence-corrected chi connectivity index (χ3v) is 6.63.